The number of nitrogens with one attached hydrogen (secondary N) is 1. The molecule has 1 amide bonds. The summed E-state index contributed by atoms with van der Waals surface area (Å²) in [5.41, 5.74) is 2.30. The zero-order valence-electron chi connectivity index (χ0n) is 14.3. The molecule has 0 saturated heterocycles. The lowest BCUT2D eigenvalue weighted by Crippen LogP contribution is -2.18. The number of fused-ring (bicyclic) bond motifs is 1. The third kappa shape index (κ3) is 4.20. The first kappa shape index (κ1) is 19.2. The van der Waals surface area contributed by atoms with Gasteiger partial charge >= 0.3 is 12.1 Å². The number of hydrogen-bond acceptors (Lipinski definition) is 3. The van der Waals surface area contributed by atoms with Crippen LogP contribution < -0.4 is 5.43 Å². The molecule has 1 heterocycles. The maximum absolute atomic E-state index is 12.7. The highest BCUT2D eigenvalue weighted by molar-refractivity contribution is 6.01. The van der Waals surface area contributed by atoms with Gasteiger partial charge in [0, 0.05) is 28.2 Å². The van der Waals surface area contributed by atoms with E-state index in [1.54, 1.807) is 30.5 Å². The van der Waals surface area contributed by atoms with Gasteiger partial charge in [-0.25, -0.2) is 5.43 Å². The standard InChI is InChI=1S/C19H14F3N3O3/c20-19(21,22)14-5-3-4-12(8-14)18(28)24-23-9-13-10-25(11-17(26)27)16-7-2-1-6-15(13)16/h1-10H,11H2,(H,24,28)(H,26,27). The Morgan fingerprint density at radius 1 is 1.14 bits per heavy atom. The molecule has 0 bridgehead atoms. The number of hydrazone groups is 1. The summed E-state index contributed by atoms with van der Waals surface area (Å²) in [6, 6.07) is 11.0. The van der Waals surface area contributed by atoms with Gasteiger partial charge in [-0.15, -0.1) is 0 Å². The van der Waals surface area contributed by atoms with Crippen LogP contribution in [0.1, 0.15) is 21.5 Å². The molecule has 3 aromatic rings. The molecule has 144 valence electrons. The predicted octanol–water partition coefficient (Wildman–Crippen LogP) is 3.51. The zero-order chi connectivity index (χ0) is 20.3. The van der Waals surface area contributed by atoms with Crippen LogP contribution in [-0.4, -0.2) is 27.8 Å². The summed E-state index contributed by atoms with van der Waals surface area (Å²) < 4.78 is 39.7. The van der Waals surface area contributed by atoms with E-state index in [2.05, 4.69) is 10.5 Å². The first-order valence-corrected chi connectivity index (χ1v) is 8.06. The third-order valence-corrected chi connectivity index (χ3v) is 3.95. The minimum absolute atomic E-state index is 0.180. The number of nitrogens with zero attached hydrogens (tertiary/aromatic N) is 2. The highest BCUT2D eigenvalue weighted by atomic mass is 19.4. The number of rotatable bonds is 5. The summed E-state index contributed by atoms with van der Waals surface area (Å²) in [6.45, 7) is -0.245. The molecule has 9 heteroatoms. The Balaban J connectivity index is 1.80. The summed E-state index contributed by atoms with van der Waals surface area (Å²) in [4.78, 5) is 23.0. The van der Waals surface area contributed by atoms with Crippen molar-refractivity contribution in [1.29, 1.82) is 0 Å². The third-order valence-electron chi connectivity index (χ3n) is 3.95. The molecule has 0 fully saturated rings. The van der Waals surface area contributed by atoms with Crippen molar-refractivity contribution in [2.24, 2.45) is 5.10 Å². The van der Waals surface area contributed by atoms with E-state index in [1.807, 2.05) is 0 Å². The van der Waals surface area contributed by atoms with Gasteiger partial charge in [-0.05, 0) is 24.3 Å². The maximum atomic E-state index is 12.7. The van der Waals surface area contributed by atoms with Crippen LogP contribution in [0.15, 0.2) is 59.8 Å². The van der Waals surface area contributed by atoms with E-state index < -0.39 is 23.6 Å². The molecule has 0 unspecified atom stereocenters. The number of hydrogen-bond donors (Lipinski definition) is 2. The second-order valence-corrected chi connectivity index (χ2v) is 5.90. The lowest BCUT2D eigenvalue weighted by Gasteiger charge is -2.07. The highest BCUT2D eigenvalue weighted by Crippen LogP contribution is 2.29. The largest absolute Gasteiger partial charge is 0.480 e. The fourth-order valence-electron chi connectivity index (χ4n) is 2.72. The molecule has 2 N–H and O–H groups in total. The van der Waals surface area contributed by atoms with Gasteiger partial charge in [-0.3, -0.25) is 9.59 Å². The van der Waals surface area contributed by atoms with Crippen molar-refractivity contribution in [2.75, 3.05) is 0 Å². The second-order valence-electron chi connectivity index (χ2n) is 5.90. The molecule has 0 radical (unpaired) electrons. The summed E-state index contributed by atoms with van der Waals surface area (Å²) in [6.07, 6.45) is -1.67. The van der Waals surface area contributed by atoms with Crippen LogP contribution in [-0.2, 0) is 17.5 Å². The number of aliphatic carboxylic acids is 1. The normalized spacial score (nSPS) is 11.8. The van der Waals surface area contributed by atoms with Crippen LogP contribution in [0, 0.1) is 0 Å². The molecule has 1 aromatic heterocycles. The SMILES string of the molecule is O=C(O)Cn1cc(C=NNC(=O)c2cccc(C(F)(F)F)c2)c2ccccc21. The molecule has 0 aliphatic carbocycles. The van der Waals surface area contributed by atoms with Crippen molar-refractivity contribution in [3.63, 3.8) is 0 Å². The number of para-hydroxylation sites is 1. The average Bonchev–Trinajstić information content (AvgIpc) is 2.98. The van der Waals surface area contributed by atoms with Crippen molar-refractivity contribution < 1.29 is 27.9 Å². The van der Waals surface area contributed by atoms with E-state index in [1.165, 1.54) is 16.8 Å². The van der Waals surface area contributed by atoms with Gasteiger partial charge in [0.2, 0.25) is 0 Å². The quantitative estimate of drug-likeness (QED) is 0.517. The molecule has 0 spiro atoms. The van der Waals surface area contributed by atoms with Gasteiger partial charge in [-0.1, -0.05) is 24.3 Å². The molecule has 28 heavy (non-hydrogen) atoms. The summed E-state index contributed by atoms with van der Waals surface area (Å²) in [5, 5.41) is 13.5. The number of carboxylic acids is 1. The predicted molar refractivity (Wildman–Crippen MR) is 96.1 cm³/mol. The van der Waals surface area contributed by atoms with Crippen LogP contribution in [0.5, 0.6) is 0 Å². The topological polar surface area (TPSA) is 83.7 Å². The lowest BCUT2D eigenvalue weighted by atomic mass is 10.1. The van der Waals surface area contributed by atoms with Crippen LogP contribution in [0.25, 0.3) is 10.9 Å². The molecule has 0 aliphatic rings. The minimum atomic E-state index is -4.55. The van der Waals surface area contributed by atoms with E-state index in [9.17, 15) is 22.8 Å². The molecule has 6 nitrogen and oxygen atoms in total. The minimum Gasteiger partial charge on any atom is -0.480 e. The molecule has 0 atom stereocenters. The smallest absolute Gasteiger partial charge is 0.416 e. The van der Waals surface area contributed by atoms with E-state index in [4.69, 9.17) is 5.11 Å². The number of halogens is 3. The molecule has 0 saturated carbocycles. The first-order chi connectivity index (χ1) is 13.3. The van der Waals surface area contributed by atoms with Gasteiger partial charge in [0.05, 0.1) is 11.8 Å². The van der Waals surface area contributed by atoms with E-state index in [0.29, 0.717) is 11.1 Å². The molecular weight excluding hydrogens is 375 g/mol. The number of benzene rings is 2. The summed E-state index contributed by atoms with van der Waals surface area (Å²) in [5.74, 6) is -1.81. The van der Waals surface area contributed by atoms with Crippen molar-refractivity contribution in [3.8, 4) is 0 Å². The van der Waals surface area contributed by atoms with Gasteiger partial charge in [-0.2, -0.15) is 18.3 Å². The molecule has 2 aromatic carbocycles. The van der Waals surface area contributed by atoms with E-state index in [-0.39, 0.29) is 12.1 Å². The second kappa shape index (κ2) is 7.55. The lowest BCUT2D eigenvalue weighted by molar-refractivity contribution is -0.138. The van der Waals surface area contributed by atoms with Crippen molar-refractivity contribution in [2.45, 2.75) is 12.7 Å². The summed E-state index contributed by atoms with van der Waals surface area (Å²) >= 11 is 0. The van der Waals surface area contributed by atoms with Crippen LogP contribution in [0.2, 0.25) is 0 Å². The number of carbonyl (C=O) groups is 2. The maximum Gasteiger partial charge on any atom is 0.416 e. The number of carbonyl (C=O) groups excluding carboxylic acids is 1. The number of amides is 1. The van der Waals surface area contributed by atoms with E-state index >= 15 is 0 Å². The van der Waals surface area contributed by atoms with Crippen molar-refractivity contribution >= 4 is 29.0 Å². The summed E-state index contributed by atoms with van der Waals surface area (Å²) in [7, 11) is 0. The van der Waals surface area contributed by atoms with Crippen LogP contribution in [0.3, 0.4) is 0 Å². The highest BCUT2D eigenvalue weighted by Gasteiger charge is 2.30. The van der Waals surface area contributed by atoms with Crippen LogP contribution >= 0.6 is 0 Å². The Labute approximate surface area is 156 Å². The molecule has 3 rings (SSSR count). The van der Waals surface area contributed by atoms with Gasteiger partial charge in [0.15, 0.2) is 0 Å². The number of aromatic nitrogens is 1. The Morgan fingerprint density at radius 3 is 2.61 bits per heavy atom. The fraction of sp³-hybridized carbons (Fsp3) is 0.105. The zero-order valence-corrected chi connectivity index (χ0v) is 14.3. The first-order valence-electron chi connectivity index (χ1n) is 8.06. The van der Waals surface area contributed by atoms with Gasteiger partial charge in [0.1, 0.15) is 6.54 Å². The van der Waals surface area contributed by atoms with Crippen molar-refractivity contribution in [1.82, 2.24) is 9.99 Å². The Morgan fingerprint density at radius 2 is 1.89 bits per heavy atom. The molecular formula is C19H14F3N3O3. The Bertz CT molecular complexity index is 1070. The number of alkyl halides is 3. The van der Waals surface area contributed by atoms with Crippen molar-refractivity contribution in [3.05, 3.63) is 71.4 Å². The average molecular weight is 389 g/mol. The van der Waals surface area contributed by atoms with Gasteiger partial charge in [0.25, 0.3) is 5.91 Å². The Kier molecular flexibility index (Phi) is 5.16. The Hall–Kier alpha value is -3.62. The molecule has 0 aliphatic heterocycles. The monoisotopic (exact) mass is 389 g/mol. The number of carboxylic acid groups (broad SMARTS) is 1. The van der Waals surface area contributed by atoms with Crippen LogP contribution in [0.4, 0.5) is 13.2 Å². The fourth-order valence-corrected chi connectivity index (χ4v) is 2.72. The van der Waals surface area contributed by atoms with Gasteiger partial charge < -0.3 is 9.67 Å². The van der Waals surface area contributed by atoms with E-state index in [0.717, 1.165) is 23.6 Å².